The van der Waals surface area contributed by atoms with E-state index in [0.717, 1.165) is 0 Å². The van der Waals surface area contributed by atoms with Crippen LogP contribution in [0.2, 0.25) is 0 Å². The standard InChI is InChI=1S/C22H25NO7/c1-14(28-13-18-9-5-7-11-20(18)30-16(3)25)21(22(26)27)23-12-17-8-4-6-10-19(17)29-15(2)24/h4-11,14,21,23H,12-13H2,1-3H3,(H,26,27)/t14-,21+/m1/s1. The molecule has 2 aromatic carbocycles. The number of ether oxygens (including phenoxy) is 3. The summed E-state index contributed by atoms with van der Waals surface area (Å²) in [5.41, 5.74) is 1.27. The van der Waals surface area contributed by atoms with Crippen molar-refractivity contribution in [3.05, 3.63) is 59.7 Å². The minimum Gasteiger partial charge on any atom is -0.480 e. The van der Waals surface area contributed by atoms with Crippen molar-refractivity contribution in [3.8, 4) is 11.5 Å². The third kappa shape index (κ3) is 6.98. The Labute approximate surface area is 174 Å². The van der Waals surface area contributed by atoms with Gasteiger partial charge in [0.05, 0.1) is 12.7 Å². The molecule has 0 bridgehead atoms. The van der Waals surface area contributed by atoms with Crippen LogP contribution < -0.4 is 14.8 Å². The maximum absolute atomic E-state index is 11.8. The van der Waals surface area contributed by atoms with Gasteiger partial charge in [0.2, 0.25) is 0 Å². The zero-order valence-electron chi connectivity index (χ0n) is 17.1. The van der Waals surface area contributed by atoms with Crippen LogP contribution in [0, 0.1) is 0 Å². The highest BCUT2D eigenvalue weighted by atomic mass is 16.5. The van der Waals surface area contributed by atoms with E-state index in [-0.39, 0.29) is 13.2 Å². The third-order valence-corrected chi connectivity index (χ3v) is 4.20. The first-order valence-electron chi connectivity index (χ1n) is 9.38. The second-order valence-corrected chi connectivity index (χ2v) is 6.62. The molecule has 2 rings (SSSR count). The Morgan fingerprint density at radius 3 is 1.93 bits per heavy atom. The van der Waals surface area contributed by atoms with Crippen LogP contribution in [0.5, 0.6) is 11.5 Å². The van der Waals surface area contributed by atoms with E-state index < -0.39 is 30.1 Å². The summed E-state index contributed by atoms with van der Waals surface area (Å²) in [5.74, 6) is -1.26. The Hall–Kier alpha value is -3.23. The van der Waals surface area contributed by atoms with Crippen molar-refractivity contribution >= 4 is 17.9 Å². The van der Waals surface area contributed by atoms with Crippen molar-refractivity contribution in [2.75, 3.05) is 0 Å². The molecule has 0 aliphatic rings. The highest BCUT2D eigenvalue weighted by Crippen LogP contribution is 2.21. The van der Waals surface area contributed by atoms with Gasteiger partial charge in [0.25, 0.3) is 0 Å². The predicted molar refractivity (Wildman–Crippen MR) is 108 cm³/mol. The summed E-state index contributed by atoms with van der Waals surface area (Å²) < 4.78 is 16.0. The Balaban J connectivity index is 2.03. The maximum atomic E-state index is 11.8. The molecular weight excluding hydrogens is 390 g/mol. The van der Waals surface area contributed by atoms with Crippen LogP contribution in [0.3, 0.4) is 0 Å². The van der Waals surface area contributed by atoms with Gasteiger partial charge in [-0.05, 0) is 19.1 Å². The van der Waals surface area contributed by atoms with E-state index >= 15 is 0 Å². The number of carbonyl (C=O) groups is 3. The molecule has 0 aromatic heterocycles. The topological polar surface area (TPSA) is 111 Å². The first-order valence-corrected chi connectivity index (χ1v) is 9.38. The second-order valence-electron chi connectivity index (χ2n) is 6.62. The minimum absolute atomic E-state index is 0.0696. The van der Waals surface area contributed by atoms with Gasteiger partial charge in [0, 0.05) is 31.5 Å². The number of aliphatic carboxylic acids is 1. The van der Waals surface area contributed by atoms with E-state index in [0.29, 0.717) is 22.6 Å². The van der Waals surface area contributed by atoms with E-state index in [1.54, 1.807) is 55.5 Å². The molecule has 2 aromatic rings. The second kappa shape index (κ2) is 11.1. The Morgan fingerprint density at radius 2 is 1.40 bits per heavy atom. The molecular formula is C22H25NO7. The molecule has 2 N–H and O–H groups in total. The summed E-state index contributed by atoms with van der Waals surface area (Å²) in [6.07, 6.45) is -0.700. The summed E-state index contributed by atoms with van der Waals surface area (Å²) in [6, 6.07) is 12.7. The predicted octanol–water partition coefficient (Wildman–Crippen LogP) is 2.69. The number of esters is 2. The molecule has 0 aliphatic heterocycles. The number of hydrogen-bond acceptors (Lipinski definition) is 7. The van der Waals surface area contributed by atoms with Crippen LogP contribution in [0.4, 0.5) is 0 Å². The summed E-state index contributed by atoms with van der Waals surface area (Å²) in [6.45, 7) is 4.47. The first-order chi connectivity index (χ1) is 14.3. The van der Waals surface area contributed by atoms with Crippen molar-refractivity contribution in [1.29, 1.82) is 0 Å². The van der Waals surface area contributed by atoms with Crippen LogP contribution in [0.25, 0.3) is 0 Å². The van der Waals surface area contributed by atoms with Gasteiger partial charge in [-0.2, -0.15) is 0 Å². The average Bonchev–Trinajstić information content (AvgIpc) is 2.67. The zero-order valence-corrected chi connectivity index (χ0v) is 17.1. The first kappa shape index (κ1) is 23.1. The van der Waals surface area contributed by atoms with E-state index in [4.69, 9.17) is 14.2 Å². The van der Waals surface area contributed by atoms with Crippen molar-refractivity contribution in [2.24, 2.45) is 0 Å². The van der Waals surface area contributed by atoms with Crippen molar-refractivity contribution in [1.82, 2.24) is 5.32 Å². The van der Waals surface area contributed by atoms with Gasteiger partial charge in [0.15, 0.2) is 0 Å². The van der Waals surface area contributed by atoms with E-state index in [1.165, 1.54) is 13.8 Å². The number of carboxylic acid groups (broad SMARTS) is 1. The molecule has 0 saturated carbocycles. The van der Waals surface area contributed by atoms with E-state index in [9.17, 15) is 19.5 Å². The lowest BCUT2D eigenvalue weighted by molar-refractivity contribution is -0.144. The highest BCUT2D eigenvalue weighted by molar-refractivity contribution is 5.74. The fourth-order valence-corrected chi connectivity index (χ4v) is 2.77. The number of hydrogen-bond donors (Lipinski definition) is 2. The van der Waals surface area contributed by atoms with Crippen LogP contribution in [-0.2, 0) is 32.3 Å². The maximum Gasteiger partial charge on any atom is 0.323 e. The lowest BCUT2D eigenvalue weighted by Gasteiger charge is -2.23. The molecule has 0 spiro atoms. The SMILES string of the molecule is CC(=O)Oc1ccccc1CN[C@H](C(=O)O)[C@@H](C)OCc1ccccc1OC(C)=O. The third-order valence-electron chi connectivity index (χ3n) is 4.20. The van der Waals surface area contributed by atoms with Gasteiger partial charge in [-0.15, -0.1) is 0 Å². The molecule has 0 heterocycles. The lowest BCUT2D eigenvalue weighted by Crippen LogP contribution is -2.45. The Morgan fingerprint density at radius 1 is 0.900 bits per heavy atom. The monoisotopic (exact) mass is 415 g/mol. The van der Waals surface area contributed by atoms with Crippen LogP contribution in [0.15, 0.2) is 48.5 Å². The molecule has 8 heteroatoms. The minimum atomic E-state index is -1.08. The van der Waals surface area contributed by atoms with Crippen molar-refractivity contribution < 1.29 is 33.7 Å². The largest absolute Gasteiger partial charge is 0.480 e. The fourth-order valence-electron chi connectivity index (χ4n) is 2.77. The number of carboxylic acids is 1. The molecule has 0 amide bonds. The van der Waals surface area contributed by atoms with Gasteiger partial charge in [-0.1, -0.05) is 36.4 Å². The van der Waals surface area contributed by atoms with Crippen LogP contribution >= 0.6 is 0 Å². The number of para-hydroxylation sites is 2. The molecule has 0 radical (unpaired) electrons. The van der Waals surface area contributed by atoms with Gasteiger partial charge < -0.3 is 19.3 Å². The van der Waals surface area contributed by atoms with Gasteiger partial charge in [-0.3, -0.25) is 19.7 Å². The summed E-state index contributed by atoms with van der Waals surface area (Å²) >= 11 is 0. The summed E-state index contributed by atoms with van der Waals surface area (Å²) in [5, 5.41) is 12.5. The quantitative estimate of drug-likeness (QED) is 0.450. The molecule has 0 saturated heterocycles. The van der Waals surface area contributed by atoms with E-state index in [1.807, 2.05) is 0 Å². The number of benzene rings is 2. The Bertz CT molecular complexity index is 897. The van der Waals surface area contributed by atoms with Crippen LogP contribution in [0.1, 0.15) is 31.9 Å². The molecule has 0 aliphatic carbocycles. The van der Waals surface area contributed by atoms with Gasteiger partial charge in [0.1, 0.15) is 17.5 Å². The highest BCUT2D eigenvalue weighted by Gasteiger charge is 2.25. The average molecular weight is 415 g/mol. The zero-order chi connectivity index (χ0) is 22.1. The smallest absolute Gasteiger partial charge is 0.323 e. The lowest BCUT2D eigenvalue weighted by atomic mass is 10.1. The summed E-state index contributed by atoms with van der Waals surface area (Å²) in [7, 11) is 0. The molecule has 0 unspecified atom stereocenters. The molecule has 160 valence electrons. The number of rotatable bonds is 10. The fraction of sp³-hybridized carbons (Fsp3) is 0.318. The van der Waals surface area contributed by atoms with E-state index in [2.05, 4.69) is 5.32 Å². The molecule has 8 nitrogen and oxygen atoms in total. The normalized spacial score (nSPS) is 12.6. The van der Waals surface area contributed by atoms with Crippen molar-refractivity contribution in [3.63, 3.8) is 0 Å². The van der Waals surface area contributed by atoms with Crippen molar-refractivity contribution in [2.45, 2.75) is 46.1 Å². The van der Waals surface area contributed by atoms with Gasteiger partial charge in [-0.25, -0.2) is 0 Å². The molecule has 0 fully saturated rings. The number of carbonyl (C=O) groups excluding carboxylic acids is 2. The molecule has 30 heavy (non-hydrogen) atoms. The van der Waals surface area contributed by atoms with Gasteiger partial charge >= 0.3 is 17.9 Å². The summed E-state index contributed by atoms with van der Waals surface area (Å²) in [4.78, 5) is 34.2. The van der Waals surface area contributed by atoms with Crippen LogP contribution in [-0.4, -0.2) is 35.2 Å². The Kier molecular flexibility index (Phi) is 8.52. The molecule has 2 atom stereocenters. The number of nitrogens with one attached hydrogen (secondary N) is 1.